The summed E-state index contributed by atoms with van der Waals surface area (Å²) in [4.78, 5) is 7.04. The van der Waals surface area contributed by atoms with Gasteiger partial charge in [-0.2, -0.15) is 0 Å². The highest BCUT2D eigenvalue weighted by Gasteiger charge is 2.25. The fourth-order valence-electron chi connectivity index (χ4n) is 4.40. The highest BCUT2D eigenvalue weighted by Crippen LogP contribution is 2.32. The number of piperidine rings is 1. The molecule has 1 saturated carbocycles. The van der Waals surface area contributed by atoms with Crippen LogP contribution in [0.25, 0.3) is 0 Å². The van der Waals surface area contributed by atoms with Gasteiger partial charge in [0.05, 0.1) is 12.2 Å². The van der Waals surface area contributed by atoms with Crippen molar-refractivity contribution < 1.29 is 4.52 Å². The number of hydrogen-bond acceptors (Lipinski definition) is 4. The first-order valence-electron chi connectivity index (χ1n) is 9.44. The van der Waals surface area contributed by atoms with E-state index in [0.717, 1.165) is 25.4 Å². The van der Waals surface area contributed by atoms with Crippen LogP contribution in [0.5, 0.6) is 0 Å². The van der Waals surface area contributed by atoms with Crippen LogP contribution < -0.4 is 0 Å². The van der Waals surface area contributed by atoms with Crippen molar-refractivity contribution >= 4 is 0 Å². The van der Waals surface area contributed by atoms with Gasteiger partial charge >= 0.3 is 0 Å². The zero-order valence-electron chi connectivity index (χ0n) is 14.7. The van der Waals surface area contributed by atoms with Crippen molar-refractivity contribution in [1.82, 2.24) is 19.6 Å². The number of rotatable bonds is 4. The van der Waals surface area contributed by atoms with E-state index in [-0.39, 0.29) is 0 Å². The third-order valence-corrected chi connectivity index (χ3v) is 5.71. The maximum absolute atomic E-state index is 5.66. The number of aryl methyl sites for hydroxylation is 1. The van der Waals surface area contributed by atoms with Crippen molar-refractivity contribution in [3.05, 3.63) is 35.7 Å². The molecule has 2 fully saturated rings. The molecule has 2 aromatic rings. The van der Waals surface area contributed by atoms with E-state index in [0.29, 0.717) is 11.8 Å². The zero-order valence-corrected chi connectivity index (χ0v) is 14.7. The van der Waals surface area contributed by atoms with E-state index in [1.54, 1.807) is 0 Å². The van der Waals surface area contributed by atoms with Gasteiger partial charge in [-0.3, -0.25) is 4.90 Å². The lowest BCUT2D eigenvalue weighted by atomic mass is 9.87. The molecule has 4 rings (SSSR count). The minimum absolute atomic E-state index is 0.527. The molecule has 1 unspecified atom stereocenters. The van der Waals surface area contributed by atoms with Gasteiger partial charge in [0, 0.05) is 43.9 Å². The molecular weight excluding hydrogens is 300 g/mol. The molecule has 1 atom stereocenters. The smallest absolute Gasteiger partial charge is 0.150 e. The van der Waals surface area contributed by atoms with Crippen LogP contribution in [0.2, 0.25) is 0 Å². The van der Waals surface area contributed by atoms with Crippen LogP contribution in [0, 0.1) is 0 Å². The molecule has 2 aromatic heterocycles. The molecule has 0 aromatic carbocycles. The Balaban J connectivity index is 1.38. The van der Waals surface area contributed by atoms with E-state index in [9.17, 15) is 0 Å². The predicted molar refractivity (Wildman–Crippen MR) is 92.8 cm³/mol. The Morgan fingerprint density at radius 2 is 1.96 bits per heavy atom. The van der Waals surface area contributed by atoms with E-state index in [1.807, 2.05) is 12.4 Å². The maximum Gasteiger partial charge on any atom is 0.150 e. The second-order valence-corrected chi connectivity index (χ2v) is 7.52. The Morgan fingerprint density at radius 1 is 1.12 bits per heavy atom. The predicted octanol–water partition coefficient (Wildman–Crippen LogP) is 3.84. The van der Waals surface area contributed by atoms with E-state index in [4.69, 9.17) is 4.52 Å². The number of aromatic nitrogens is 3. The summed E-state index contributed by atoms with van der Waals surface area (Å²) in [5.74, 6) is 3.38. The first-order valence-corrected chi connectivity index (χ1v) is 9.44. The average Bonchev–Trinajstić information content (AvgIpc) is 3.25. The van der Waals surface area contributed by atoms with Gasteiger partial charge in [0.15, 0.2) is 5.76 Å². The standard InChI is InChI=1S/C19H28N4O/c1-22-11-9-20-19(22)16-8-5-10-23(13-16)14-17-12-18(21-24-17)15-6-3-2-4-7-15/h9,11-12,15-16H,2-8,10,13-14H2,1H3. The molecule has 0 spiro atoms. The Labute approximate surface area is 144 Å². The molecule has 1 aliphatic carbocycles. The minimum Gasteiger partial charge on any atom is -0.360 e. The fourth-order valence-corrected chi connectivity index (χ4v) is 4.40. The summed E-state index contributed by atoms with van der Waals surface area (Å²) in [7, 11) is 2.09. The lowest BCUT2D eigenvalue weighted by molar-refractivity contribution is 0.176. The highest BCUT2D eigenvalue weighted by molar-refractivity contribution is 5.12. The first-order chi connectivity index (χ1) is 11.8. The SMILES string of the molecule is Cn1ccnc1C1CCCN(Cc2cc(C3CCCCC3)no2)C1. The lowest BCUT2D eigenvalue weighted by Crippen LogP contribution is -2.34. The van der Waals surface area contributed by atoms with Crippen LogP contribution in [-0.4, -0.2) is 32.7 Å². The van der Waals surface area contributed by atoms with Crippen molar-refractivity contribution in [2.45, 2.75) is 63.3 Å². The quantitative estimate of drug-likeness (QED) is 0.855. The molecule has 0 radical (unpaired) electrons. The van der Waals surface area contributed by atoms with Crippen molar-refractivity contribution in [3.8, 4) is 0 Å². The third kappa shape index (κ3) is 3.41. The lowest BCUT2D eigenvalue weighted by Gasteiger charge is -2.31. The molecule has 1 aliphatic heterocycles. The molecule has 2 aliphatic rings. The van der Waals surface area contributed by atoms with E-state index >= 15 is 0 Å². The average molecular weight is 328 g/mol. The topological polar surface area (TPSA) is 47.1 Å². The van der Waals surface area contributed by atoms with Crippen LogP contribution >= 0.6 is 0 Å². The summed E-state index contributed by atoms with van der Waals surface area (Å²) < 4.78 is 7.81. The summed E-state index contributed by atoms with van der Waals surface area (Å²) in [6.07, 6.45) is 13.0. The van der Waals surface area contributed by atoms with Gasteiger partial charge in [-0.25, -0.2) is 4.98 Å². The van der Waals surface area contributed by atoms with Crippen LogP contribution in [0.1, 0.15) is 74.1 Å². The molecule has 1 saturated heterocycles. The number of imidazole rings is 1. The Kier molecular flexibility index (Phi) is 4.69. The molecule has 24 heavy (non-hydrogen) atoms. The van der Waals surface area contributed by atoms with Crippen molar-refractivity contribution in [1.29, 1.82) is 0 Å². The summed E-state index contributed by atoms with van der Waals surface area (Å²) in [5.41, 5.74) is 1.18. The van der Waals surface area contributed by atoms with Crippen molar-refractivity contribution in [2.24, 2.45) is 7.05 Å². The summed E-state index contributed by atoms with van der Waals surface area (Å²) >= 11 is 0. The van der Waals surface area contributed by atoms with Crippen molar-refractivity contribution in [3.63, 3.8) is 0 Å². The first kappa shape index (κ1) is 15.9. The second kappa shape index (κ2) is 7.09. The van der Waals surface area contributed by atoms with Gasteiger partial charge in [-0.1, -0.05) is 24.4 Å². The molecule has 5 nitrogen and oxygen atoms in total. The second-order valence-electron chi connectivity index (χ2n) is 7.52. The monoisotopic (exact) mass is 328 g/mol. The molecule has 5 heteroatoms. The van der Waals surface area contributed by atoms with Crippen LogP contribution in [0.3, 0.4) is 0 Å². The Morgan fingerprint density at radius 3 is 2.75 bits per heavy atom. The van der Waals surface area contributed by atoms with Gasteiger partial charge in [0.25, 0.3) is 0 Å². The summed E-state index contributed by atoms with van der Waals surface area (Å²) in [6, 6.07) is 2.21. The molecule has 0 N–H and O–H groups in total. The van der Waals surface area contributed by atoms with Gasteiger partial charge in [0.1, 0.15) is 5.82 Å². The van der Waals surface area contributed by atoms with Gasteiger partial charge < -0.3 is 9.09 Å². The van der Waals surface area contributed by atoms with Crippen molar-refractivity contribution in [2.75, 3.05) is 13.1 Å². The van der Waals surface area contributed by atoms with Crippen LogP contribution in [0.4, 0.5) is 0 Å². The molecule has 0 bridgehead atoms. The third-order valence-electron chi connectivity index (χ3n) is 5.71. The molecule has 0 amide bonds. The Hall–Kier alpha value is -1.62. The largest absolute Gasteiger partial charge is 0.360 e. The van der Waals surface area contributed by atoms with Crippen LogP contribution in [-0.2, 0) is 13.6 Å². The molecule has 130 valence electrons. The van der Waals surface area contributed by atoms with Gasteiger partial charge in [-0.15, -0.1) is 0 Å². The Bertz CT molecular complexity index is 656. The number of nitrogens with zero attached hydrogens (tertiary/aromatic N) is 4. The fraction of sp³-hybridized carbons (Fsp3) is 0.684. The number of hydrogen-bond donors (Lipinski definition) is 0. The minimum atomic E-state index is 0.527. The zero-order chi connectivity index (χ0) is 16.4. The van der Waals surface area contributed by atoms with Gasteiger partial charge in [0.2, 0.25) is 0 Å². The summed E-state index contributed by atoms with van der Waals surface area (Å²) in [5, 5.41) is 4.37. The summed E-state index contributed by atoms with van der Waals surface area (Å²) in [6.45, 7) is 3.07. The van der Waals surface area contributed by atoms with Gasteiger partial charge in [-0.05, 0) is 32.2 Å². The van der Waals surface area contributed by atoms with Crippen LogP contribution in [0.15, 0.2) is 23.0 Å². The molecule has 3 heterocycles. The van der Waals surface area contributed by atoms with E-state index < -0.39 is 0 Å². The highest BCUT2D eigenvalue weighted by atomic mass is 16.5. The normalized spacial score (nSPS) is 23.6. The molecular formula is C19H28N4O. The van der Waals surface area contributed by atoms with E-state index in [1.165, 1.54) is 56.5 Å². The number of likely N-dealkylation sites (tertiary alicyclic amines) is 1. The van der Waals surface area contributed by atoms with E-state index in [2.05, 4.69) is 32.7 Å². The maximum atomic E-state index is 5.66.